The van der Waals surface area contributed by atoms with Crippen molar-refractivity contribution in [1.29, 1.82) is 0 Å². The topological polar surface area (TPSA) is 86.9 Å². The summed E-state index contributed by atoms with van der Waals surface area (Å²) in [6, 6.07) is 4.72. The molecule has 0 radical (unpaired) electrons. The summed E-state index contributed by atoms with van der Waals surface area (Å²) < 4.78 is 0. The minimum absolute atomic E-state index is 0.0197. The smallest absolute Gasteiger partial charge is 0.293 e. The van der Waals surface area contributed by atoms with Gasteiger partial charge in [0.1, 0.15) is 5.69 Å². The number of aliphatic hydroxyl groups is 1. The van der Waals surface area contributed by atoms with Gasteiger partial charge in [0.05, 0.1) is 11.0 Å². The maximum atomic E-state index is 12.6. The van der Waals surface area contributed by atoms with Gasteiger partial charge < -0.3 is 14.9 Å². The van der Waals surface area contributed by atoms with Crippen molar-refractivity contribution in [2.45, 2.75) is 32.3 Å². The Morgan fingerprint density at radius 3 is 2.62 bits per heavy atom. The monoisotopic (exact) mass is 333 g/mol. The molecule has 3 rings (SSSR count). The molecule has 0 aliphatic carbocycles. The third-order valence-corrected chi connectivity index (χ3v) is 5.07. The molecule has 24 heavy (non-hydrogen) atoms. The normalized spacial score (nSPS) is 24.2. The highest BCUT2D eigenvalue weighted by atomic mass is 16.6. The first-order chi connectivity index (χ1) is 11.5. The summed E-state index contributed by atoms with van der Waals surface area (Å²) in [5.41, 5.74) is 0.876. The van der Waals surface area contributed by atoms with E-state index in [2.05, 4.69) is 0 Å². The van der Waals surface area contributed by atoms with Gasteiger partial charge in [-0.2, -0.15) is 0 Å². The largest absolute Gasteiger partial charge is 0.391 e. The lowest BCUT2D eigenvalue weighted by Gasteiger charge is -2.34. The van der Waals surface area contributed by atoms with E-state index >= 15 is 0 Å². The van der Waals surface area contributed by atoms with Crippen LogP contribution in [0.15, 0.2) is 18.2 Å². The van der Waals surface area contributed by atoms with Gasteiger partial charge in [0, 0.05) is 37.8 Å². The zero-order chi connectivity index (χ0) is 17.3. The summed E-state index contributed by atoms with van der Waals surface area (Å²) in [4.78, 5) is 27.2. The zero-order valence-corrected chi connectivity index (χ0v) is 13.9. The van der Waals surface area contributed by atoms with Crippen molar-refractivity contribution in [2.75, 3.05) is 31.1 Å². The summed E-state index contributed by atoms with van der Waals surface area (Å²) in [6.07, 6.45) is 2.26. The van der Waals surface area contributed by atoms with Crippen molar-refractivity contribution in [3.05, 3.63) is 33.9 Å². The standard InChI is InChI=1S/C17H23N3O4/c1-12-6-9-19(11-16(12)21)17(22)13-4-5-14(15(10-13)20(23)24)18-7-2-3-8-18/h4-5,10,12,16,21H,2-3,6-9,11H2,1H3. The number of likely N-dealkylation sites (tertiary alicyclic amines) is 1. The van der Waals surface area contributed by atoms with Crippen molar-refractivity contribution < 1.29 is 14.8 Å². The Morgan fingerprint density at radius 1 is 1.29 bits per heavy atom. The first kappa shape index (κ1) is 16.7. The Balaban J connectivity index is 1.84. The number of nitrogens with zero attached hydrogens (tertiary/aromatic N) is 3. The minimum atomic E-state index is -0.540. The van der Waals surface area contributed by atoms with E-state index < -0.39 is 11.0 Å². The highest BCUT2D eigenvalue weighted by Crippen LogP contribution is 2.32. The Morgan fingerprint density at radius 2 is 2.00 bits per heavy atom. The van der Waals surface area contributed by atoms with Gasteiger partial charge >= 0.3 is 0 Å². The molecular formula is C17H23N3O4. The fourth-order valence-electron chi connectivity index (χ4n) is 3.44. The number of amides is 1. The Hall–Kier alpha value is -2.15. The molecule has 1 amide bonds. The zero-order valence-electron chi connectivity index (χ0n) is 13.9. The summed E-state index contributed by atoms with van der Waals surface area (Å²) in [5.74, 6) is -0.0852. The van der Waals surface area contributed by atoms with E-state index in [0.717, 1.165) is 32.4 Å². The van der Waals surface area contributed by atoms with Crippen LogP contribution in [0.4, 0.5) is 11.4 Å². The van der Waals surface area contributed by atoms with E-state index in [1.807, 2.05) is 11.8 Å². The minimum Gasteiger partial charge on any atom is -0.391 e. The molecule has 2 unspecified atom stereocenters. The Bertz CT molecular complexity index is 643. The molecule has 130 valence electrons. The quantitative estimate of drug-likeness (QED) is 0.675. The van der Waals surface area contributed by atoms with Gasteiger partial charge in [-0.15, -0.1) is 0 Å². The van der Waals surface area contributed by atoms with Crippen LogP contribution in [-0.4, -0.2) is 53.1 Å². The van der Waals surface area contributed by atoms with Crippen molar-refractivity contribution in [1.82, 2.24) is 4.90 Å². The first-order valence-corrected chi connectivity index (χ1v) is 8.48. The molecule has 1 N–H and O–H groups in total. The summed E-state index contributed by atoms with van der Waals surface area (Å²) in [6.45, 7) is 4.43. The molecule has 2 fully saturated rings. The molecule has 0 bridgehead atoms. The van der Waals surface area contributed by atoms with E-state index in [-0.39, 0.29) is 24.1 Å². The number of hydrogen-bond donors (Lipinski definition) is 1. The second kappa shape index (κ2) is 6.76. The lowest BCUT2D eigenvalue weighted by molar-refractivity contribution is -0.384. The lowest BCUT2D eigenvalue weighted by atomic mass is 9.95. The number of nitro benzene ring substituents is 1. The van der Waals surface area contributed by atoms with Crippen LogP contribution in [0, 0.1) is 16.0 Å². The van der Waals surface area contributed by atoms with Crippen LogP contribution in [0.1, 0.15) is 36.5 Å². The van der Waals surface area contributed by atoms with E-state index in [4.69, 9.17) is 0 Å². The summed E-state index contributed by atoms with van der Waals surface area (Å²) >= 11 is 0. The number of aliphatic hydroxyl groups excluding tert-OH is 1. The van der Waals surface area contributed by atoms with Crippen LogP contribution in [-0.2, 0) is 0 Å². The van der Waals surface area contributed by atoms with Gasteiger partial charge in [0.15, 0.2) is 0 Å². The lowest BCUT2D eigenvalue weighted by Crippen LogP contribution is -2.45. The fourth-order valence-corrected chi connectivity index (χ4v) is 3.44. The van der Waals surface area contributed by atoms with Gasteiger partial charge in [-0.3, -0.25) is 14.9 Å². The fraction of sp³-hybridized carbons (Fsp3) is 0.588. The maximum Gasteiger partial charge on any atom is 0.293 e. The highest BCUT2D eigenvalue weighted by Gasteiger charge is 2.30. The van der Waals surface area contributed by atoms with Crippen LogP contribution in [0.2, 0.25) is 0 Å². The number of rotatable bonds is 3. The molecule has 2 saturated heterocycles. The predicted molar refractivity (Wildman–Crippen MR) is 90.2 cm³/mol. The van der Waals surface area contributed by atoms with Crippen LogP contribution < -0.4 is 4.90 Å². The number of β-amino-alcohol motifs (C(OH)–C–C–N with tert-alkyl or cyclic N) is 1. The third kappa shape index (κ3) is 3.21. The number of benzene rings is 1. The van der Waals surface area contributed by atoms with Crippen molar-refractivity contribution in [3.8, 4) is 0 Å². The molecule has 2 aliphatic rings. The van der Waals surface area contributed by atoms with Crippen molar-refractivity contribution >= 4 is 17.3 Å². The Labute approximate surface area is 141 Å². The molecule has 1 aromatic carbocycles. The summed E-state index contributed by atoms with van der Waals surface area (Å²) in [5, 5.41) is 21.4. The SMILES string of the molecule is CC1CCN(C(=O)c2ccc(N3CCCC3)c([N+](=O)[O-])c2)CC1O. The molecule has 0 saturated carbocycles. The molecular weight excluding hydrogens is 310 g/mol. The Kier molecular flexibility index (Phi) is 4.71. The molecule has 2 heterocycles. The van der Waals surface area contributed by atoms with Crippen LogP contribution in [0.25, 0.3) is 0 Å². The van der Waals surface area contributed by atoms with Gasteiger partial charge in [0.2, 0.25) is 0 Å². The molecule has 0 aromatic heterocycles. The predicted octanol–water partition coefficient (Wildman–Crippen LogP) is 2.04. The van der Waals surface area contributed by atoms with Crippen molar-refractivity contribution in [2.24, 2.45) is 5.92 Å². The van der Waals surface area contributed by atoms with E-state index in [1.54, 1.807) is 17.0 Å². The number of carbonyl (C=O) groups excluding carboxylic acids is 1. The molecule has 2 atom stereocenters. The molecule has 1 aromatic rings. The second-order valence-corrected chi connectivity index (χ2v) is 6.74. The van der Waals surface area contributed by atoms with E-state index in [9.17, 15) is 20.0 Å². The van der Waals surface area contributed by atoms with Crippen LogP contribution in [0.3, 0.4) is 0 Å². The van der Waals surface area contributed by atoms with Crippen molar-refractivity contribution in [3.63, 3.8) is 0 Å². The van der Waals surface area contributed by atoms with Gasteiger partial charge in [-0.1, -0.05) is 6.92 Å². The molecule has 0 spiro atoms. The maximum absolute atomic E-state index is 12.6. The van der Waals surface area contributed by atoms with E-state index in [1.165, 1.54) is 6.07 Å². The van der Waals surface area contributed by atoms with E-state index in [0.29, 0.717) is 17.8 Å². The molecule has 2 aliphatic heterocycles. The first-order valence-electron chi connectivity index (χ1n) is 8.48. The molecule has 7 nitrogen and oxygen atoms in total. The summed E-state index contributed by atoms with van der Waals surface area (Å²) in [7, 11) is 0. The highest BCUT2D eigenvalue weighted by molar-refractivity contribution is 5.96. The average molecular weight is 333 g/mol. The average Bonchev–Trinajstić information content (AvgIpc) is 3.10. The number of piperidine rings is 1. The number of hydrogen-bond acceptors (Lipinski definition) is 5. The number of nitro groups is 1. The number of anilines is 1. The second-order valence-electron chi connectivity index (χ2n) is 6.74. The molecule has 7 heteroatoms. The van der Waals surface area contributed by atoms with Crippen LogP contribution >= 0.6 is 0 Å². The number of carbonyl (C=O) groups is 1. The van der Waals surface area contributed by atoms with Gasteiger partial charge in [-0.25, -0.2) is 0 Å². The van der Waals surface area contributed by atoms with Gasteiger partial charge in [0.25, 0.3) is 11.6 Å². The van der Waals surface area contributed by atoms with Crippen LogP contribution in [0.5, 0.6) is 0 Å². The third-order valence-electron chi connectivity index (χ3n) is 5.07. The van der Waals surface area contributed by atoms with Gasteiger partial charge in [-0.05, 0) is 37.3 Å².